The quantitative estimate of drug-likeness (QED) is 0.660. The van der Waals surface area contributed by atoms with Gasteiger partial charge in [-0.25, -0.2) is 4.79 Å². The van der Waals surface area contributed by atoms with Gasteiger partial charge < -0.3 is 4.74 Å². The number of benzene rings is 1. The van der Waals surface area contributed by atoms with Crippen LogP contribution in [0.1, 0.15) is 64.9 Å². The maximum Gasteiger partial charge on any atom is 0.414 e. The molecule has 0 saturated heterocycles. The molecule has 26 heavy (non-hydrogen) atoms. The molecule has 0 N–H and O–H groups in total. The van der Waals surface area contributed by atoms with Crippen molar-refractivity contribution in [1.29, 1.82) is 0 Å². The highest BCUT2D eigenvalue weighted by Gasteiger charge is 2.38. The Morgan fingerprint density at radius 2 is 1.92 bits per heavy atom. The minimum atomic E-state index is -0.490. The summed E-state index contributed by atoms with van der Waals surface area (Å²) in [7, 11) is 1.73. The second kappa shape index (κ2) is 7.74. The monoisotopic (exact) mass is 353 g/mol. The highest BCUT2D eigenvalue weighted by Crippen LogP contribution is 2.49. The summed E-state index contributed by atoms with van der Waals surface area (Å²) in [6.07, 6.45) is 7.75. The van der Waals surface area contributed by atoms with Crippen LogP contribution in [-0.4, -0.2) is 18.7 Å². The van der Waals surface area contributed by atoms with Gasteiger partial charge in [0.25, 0.3) is 0 Å². The molecule has 3 unspecified atom stereocenters. The van der Waals surface area contributed by atoms with Crippen molar-refractivity contribution >= 4 is 11.8 Å². The number of amides is 1. The average molecular weight is 354 g/mol. The molecular weight excluding hydrogens is 322 g/mol. The summed E-state index contributed by atoms with van der Waals surface area (Å²) in [5.74, 6) is 9.53. The van der Waals surface area contributed by atoms with Gasteiger partial charge in [-0.2, -0.15) is 0 Å². The molecule has 3 nitrogen and oxygen atoms in total. The van der Waals surface area contributed by atoms with Gasteiger partial charge in [0.15, 0.2) is 0 Å². The predicted molar refractivity (Wildman–Crippen MR) is 106 cm³/mol. The Morgan fingerprint density at radius 1 is 1.19 bits per heavy atom. The van der Waals surface area contributed by atoms with Crippen LogP contribution in [0.3, 0.4) is 0 Å². The van der Waals surface area contributed by atoms with Gasteiger partial charge in [-0.15, -0.1) is 0 Å². The van der Waals surface area contributed by atoms with Crippen LogP contribution in [0.25, 0.3) is 0 Å². The number of carbonyl (C=O) groups excluding carboxylic acids is 1. The lowest BCUT2D eigenvalue weighted by molar-refractivity contribution is 0.0589. The Labute approximate surface area is 158 Å². The van der Waals surface area contributed by atoms with Crippen molar-refractivity contribution in [3.8, 4) is 11.8 Å². The zero-order valence-corrected chi connectivity index (χ0v) is 16.5. The van der Waals surface area contributed by atoms with E-state index in [0.717, 1.165) is 35.4 Å². The number of rotatable bonds is 3. The number of hydrogen-bond donors (Lipinski definition) is 0. The molecule has 3 atom stereocenters. The number of carbonyl (C=O) groups is 1. The Bertz CT molecular complexity index is 690. The van der Waals surface area contributed by atoms with Gasteiger partial charge >= 0.3 is 6.09 Å². The molecule has 3 heteroatoms. The van der Waals surface area contributed by atoms with Crippen LogP contribution in [-0.2, 0) is 4.74 Å². The van der Waals surface area contributed by atoms with Gasteiger partial charge in [-0.05, 0) is 88.5 Å². The van der Waals surface area contributed by atoms with Crippen LogP contribution in [0.2, 0.25) is 0 Å². The third-order valence-corrected chi connectivity index (χ3v) is 5.68. The summed E-state index contributed by atoms with van der Waals surface area (Å²) < 4.78 is 5.39. The molecule has 0 aliphatic heterocycles. The fourth-order valence-corrected chi connectivity index (χ4v) is 4.36. The second-order valence-electron chi connectivity index (χ2n) is 8.86. The van der Waals surface area contributed by atoms with Crippen LogP contribution >= 0.6 is 0 Å². The van der Waals surface area contributed by atoms with Gasteiger partial charge in [0.2, 0.25) is 0 Å². The number of fused-ring (bicyclic) bond motifs is 2. The molecule has 1 amide bonds. The van der Waals surface area contributed by atoms with E-state index in [-0.39, 0.29) is 6.09 Å². The first kappa shape index (κ1) is 18.8. The smallest absolute Gasteiger partial charge is 0.414 e. The third kappa shape index (κ3) is 4.81. The van der Waals surface area contributed by atoms with Crippen molar-refractivity contribution in [2.24, 2.45) is 17.8 Å². The first-order valence-corrected chi connectivity index (χ1v) is 9.87. The van der Waals surface area contributed by atoms with Gasteiger partial charge in [0, 0.05) is 24.7 Å². The molecular formula is C23H31NO2. The molecule has 1 aromatic carbocycles. The average Bonchev–Trinajstić information content (AvgIpc) is 3.20. The largest absolute Gasteiger partial charge is 0.443 e. The van der Waals surface area contributed by atoms with E-state index in [1.165, 1.54) is 37.0 Å². The number of hydrogen-bond acceptors (Lipinski definition) is 2. The molecule has 2 aliphatic rings. The molecule has 2 aliphatic carbocycles. The molecule has 0 radical (unpaired) electrons. The minimum absolute atomic E-state index is 0.345. The van der Waals surface area contributed by atoms with E-state index in [2.05, 4.69) is 11.8 Å². The van der Waals surface area contributed by atoms with Crippen LogP contribution in [0.4, 0.5) is 10.5 Å². The Hall–Kier alpha value is -1.95. The minimum Gasteiger partial charge on any atom is -0.443 e. The van der Waals surface area contributed by atoms with Crippen molar-refractivity contribution in [2.45, 2.75) is 64.9 Å². The third-order valence-electron chi connectivity index (χ3n) is 5.68. The molecule has 2 bridgehead atoms. The summed E-state index contributed by atoms with van der Waals surface area (Å²) in [4.78, 5) is 13.6. The van der Waals surface area contributed by atoms with E-state index >= 15 is 0 Å². The zero-order valence-electron chi connectivity index (χ0n) is 16.5. The molecule has 140 valence electrons. The summed E-state index contributed by atoms with van der Waals surface area (Å²) in [5.41, 5.74) is 1.32. The topological polar surface area (TPSA) is 29.5 Å². The van der Waals surface area contributed by atoms with Crippen LogP contribution in [0.5, 0.6) is 0 Å². The standard InChI is InChI=1S/C23H31NO2/c1-23(2,3)26-22(25)24(4)21-13-10-17(11-14-21)7-5-6-8-19-15-18-9-12-20(19)16-18/h10-11,13-14,18-20H,6,8-9,12,15-16H2,1-4H3. The molecule has 2 fully saturated rings. The van der Waals surface area contributed by atoms with Gasteiger partial charge in [0.05, 0.1) is 0 Å². The maximum absolute atomic E-state index is 12.1. The number of nitrogens with zero attached hydrogens (tertiary/aromatic N) is 1. The normalized spacial score (nSPS) is 24.1. The molecule has 0 heterocycles. The van der Waals surface area contributed by atoms with Gasteiger partial charge in [-0.3, -0.25) is 4.90 Å². The number of ether oxygens (including phenoxy) is 1. The Kier molecular flexibility index (Phi) is 5.61. The molecule has 1 aromatic rings. The van der Waals surface area contributed by atoms with E-state index in [9.17, 15) is 4.79 Å². The lowest BCUT2D eigenvalue weighted by atomic mass is 9.86. The van der Waals surface area contributed by atoms with E-state index in [1.807, 2.05) is 45.0 Å². The molecule has 2 saturated carbocycles. The van der Waals surface area contributed by atoms with E-state index < -0.39 is 5.60 Å². The van der Waals surface area contributed by atoms with Crippen molar-refractivity contribution in [3.05, 3.63) is 29.8 Å². The number of anilines is 1. The zero-order chi connectivity index (χ0) is 18.7. The van der Waals surface area contributed by atoms with Crippen molar-refractivity contribution in [1.82, 2.24) is 0 Å². The van der Waals surface area contributed by atoms with Gasteiger partial charge in [-0.1, -0.05) is 18.3 Å². The highest BCUT2D eigenvalue weighted by molar-refractivity contribution is 5.87. The fourth-order valence-electron chi connectivity index (χ4n) is 4.36. The summed E-state index contributed by atoms with van der Waals surface area (Å²) >= 11 is 0. The summed E-state index contributed by atoms with van der Waals surface area (Å²) in [5, 5.41) is 0. The second-order valence-corrected chi connectivity index (χ2v) is 8.86. The molecule has 3 rings (SSSR count). The maximum atomic E-state index is 12.1. The lowest BCUT2D eigenvalue weighted by Gasteiger charge is -2.24. The Morgan fingerprint density at radius 3 is 2.50 bits per heavy atom. The van der Waals surface area contributed by atoms with Crippen molar-refractivity contribution < 1.29 is 9.53 Å². The lowest BCUT2D eigenvalue weighted by Crippen LogP contribution is -2.34. The Balaban J connectivity index is 1.49. The summed E-state index contributed by atoms with van der Waals surface area (Å²) in [6.45, 7) is 5.61. The highest BCUT2D eigenvalue weighted by atomic mass is 16.6. The predicted octanol–water partition coefficient (Wildman–Crippen LogP) is 5.63. The first-order chi connectivity index (χ1) is 12.3. The van der Waals surface area contributed by atoms with Crippen molar-refractivity contribution in [2.75, 3.05) is 11.9 Å². The molecule has 0 aromatic heterocycles. The van der Waals surface area contributed by atoms with Crippen LogP contribution in [0.15, 0.2) is 24.3 Å². The van der Waals surface area contributed by atoms with E-state index in [0.29, 0.717) is 0 Å². The van der Waals surface area contributed by atoms with E-state index in [1.54, 1.807) is 7.05 Å². The fraction of sp³-hybridized carbons (Fsp3) is 0.609. The van der Waals surface area contributed by atoms with Crippen LogP contribution in [0, 0.1) is 29.6 Å². The summed E-state index contributed by atoms with van der Waals surface area (Å²) in [6, 6.07) is 7.79. The van der Waals surface area contributed by atoms with Crippen molar-refractivity contribution in [3.63, 3.8) is 0 Å². The van der Waals surface area contributed by atoms with E-state index in [4.69, 9.17) is 4.74 Å². The first-order valence-electron chi connectivity index (χ1n) is 9.87. The van der Waals surface area contributed by atoms with Crippen LogP contribution < -0.4 is 4.90 Å². The SMILES string of the molecule is CN(C(=O)OC(C)(C)C)c1ccc(C#CCCC2CC3CCC2C3)cc1. The van der Waals surface area contributed by atoms with Gasteiger partial charge in [0.1, 0.15) is 5.60 Å². The molecule has 0 spiro atoms.